The van der Waals surface area contributed by atoms with Gasteiger partial charge in [-0.25, -0.2) is 4.79 Å². The smallest absolute Gasteiger partial charge is 0.358 e. The van der Waals surface area contributed by atoms with Crippen molar-refractivity contribution in [2.45, 2.75) is 12.8 Å². The Morgan fingerprint density at radius 3 is 2.74 bits per heavy atom. The van der Waals surface area contributed by atoms with Gasteiger partial charge in [0.15, 0.2) is 6.73 Å². The second-order valence-electron chi connectivity index (χ2n) is 4.03. The van der Waals surface area contributed by atoms with Crippen LogP contribution in [0.2, 0.25) is 0 Å². The summed E-state index contributed by atoms with van der Waals surface area (Å²) in [4.78, 5) is 38.9. The van der Waals surface area contributed by atoms with Crippen LogP contribution in [0.4, 0.5) is 0 Å². The van der Waals surface area contributed by atoms with Crippen molar-refractivity contribution in [2.24, 2.45) is 0 Å². The molecule has 0 bridgehead atoms. The van der Waals surface area contributed by atoms with Gasteiger partial charge in [0.2, 0.25) is 0 Å². The van der Waals surface area contributed by atoms with E-state index in [-0.39, 0.29) is 24.6 Å². The molecule has 1 aromatic rings. The molecule has 0 radical (unpaired) electrons. The van der Waals surface area contributed by atoms with Gasteiger partial charge in [0.1, 0.15) is 6.29 Å². The van der Waals surface area contributed by atoms with Crippen molar-refractivity contribution in [3.8, 4) is 0 Å². The van der Waals surface area contributed by atoms with Crippen molar-refractivity contribution >= 4 is 18.2 Å². The molecule has 100 valence electrons. The number of amides is 1. The van der Waals surface area contributed by atoms with Crippen molar-refractivity contribution < 1.29 is 24.0 Å². The zero-order chi connectivity index (χ0) is 13.7. The van der Waals surface area contributed by atoms with Crippen LogP contribution in [0, 0.1) is 0 Å². The molecule has 1 saturated heterocycles. The Labute approximate surface area is 109 Å². The molecule has 0 unspecified atom stereocenters. The van der Waals surface area contributed by atoms with Crippen LogP contribution in [0.15, 0.2) is 24.3 Å². The first-order chi connectivity index (χ1) is 9.20. The number of ether oxygens (including phenoxy) is 1. The number of aldehydes is 1. The standard InChI is InChI=1S/C13H13NO5/c15-8-10-3-5-11(6-4-10)13(17)19-14-9-18-7-1-2-12(14)16/h3-6,8H,1-2,7,9H2. The molecule has 1 aliphatic rings. The maximum Gasteiger partial charge on any atom is 0.363 e. The fraction of sp³-hybridized carbons (Fsp3) is 0.308. The van der Waals surface area contributed by atoms with Gasteiger partial charge in [-0.2, -0.15) is 0 Å². The molecule has 0 aromatic heterocycles. The average molecular weight is 263 g/mol. The van der Waals surface area contributed by atoms with E-state index in [9.17, 15) is 14.4 Å². The summed E-state index contributed by atoms with van der Waals surface area (Å²) in [6.07, 6.45) is 1.58. The largest absolute Gasteiger partial charge is 0.363 e. The maximum atomic E-state index is 11.8. The zero-order valence-corrected chi connectivity index (χ0v) is 10.2. The highest BCUT2D eigenvalue weighted by molar-refractivity contribution is 5.91. The number of hydroxylamine groups is 2. The van der Waals surface area contributed by atoms with Gasteiger partial charge >= 0.3 is 5.97 Å². The van der Waals surface area contributed by atoms with E-state index in [1.807, 2.05) is 0 Å². The van der Waals surface area contributed by atoms with Gasteiger partial charge in [-0.15, -0.1) is 5.06 Å². The molecular formula is C13H13NO5. The molecule has 6 heteroatoms. The second-order valence-corrected chi connectivity index (χ2v) is 4.03. The van der Waals surface area contributed by atoms with E-state index < -0.39 is 5.97 Å². The Kier molecular flexibility index (Phi) is 4.25. The van der Waals surface area contributed by atoms with E-state index in [2.05, 4.69) is 0 Å². The van der Waals surface area contributed by atoms with Crippen molar-refractivity contribution in [1.29, 1.82) is 0 Å². The lowest BCUT2D eigenvalue weighted by atomic mass is 10.1. The summed E-state index contributed by atoms with van der Waals surface area (Å²) in [5.41, 5.74) is 0.730. The summed E-state index contributed by atoms with van der Waals surface area (Å²) in [5, 5.41) is 0.920. The third-order valence-corrected chi connectivity index (χ3v) is 2.64. The van der Waals surface area contributed by atoms with E-state index in [4.69, 9.17) is 9.57 Å². The van der Waals surface area contributed by atoms with Gasteiger partial charge in [0, 0.05) is 18.6 Å². The van der Waals surface area contributed by atoms with Crippen molar-refractivity contribution in [2.75, 3.05) is 13.3 Å². The normalized spacial score (nSPS) is 15.8. The van der Waals surface area contributed by atoms with Crippen LogP contribution in [0.25, 0.3) is 0 Å². The van der Waals surface area contributed by atoms with E-state index >= 15 is 0 Å². The Balaban J connectivity index is 2.02. The summed E-state index contributed by atoms with van der Waals surface area (Å²) in [6.45, 7) is 0.408. The summed E-state index contributed by atoms with van der Waals surface area (Å²) in [7, 11) is 0. The lowest BCUT2D eigenvalue weighted by molar-refractivity contribution is -0.183. The average Bonchev–Trinajstić information content (AvgIpc) is 2.64. The number of carbonyl (C=O) groups excluding carboxylic acids is 3. The Morgan fingerprint density at radius 2 is 2.05 bits per heavy atom. The summed E-state index contributed by atoms with van der Waals surface area (Å²) >= 11 is 0. The monoisotopic (exact) mass is 263 g/mol. The van der Waals surface area contributed by atoms with Gasteiger partial charge < -0.3 is 9.57 Å². The van der Waals surface area contributed by atoms with Gasteiger partial charge in [-0.1, -0.05) is 12.1 Å². The van der Waals surface area contributed by atoms with E-state index in [1.165, 1.54) is 24.3 Å². The van der Waals surface area contributed by atoms with Gasteiger partial charge in [-0.3, -0.25) is 9.59 Å². The first kappa shape index (κ1) is 13.2. The Bertz CT molecular complexity index is 482. The van der Waals surface area contributed by atoms with Crippen molar-refractivity contribution in [3.05, 3.63) is 35.4 Å². The predicted octanol–water partition coefficient (Wildman–Crippen LogP) is 1.17. The molecule has 1 amide bonds. The van der Waals surface area contributed by atoms with Gasteiger partial charge in [-0.05, 0) is 18.6 Å². The highest BCUT2D eigenvalue weighted by Gasteiger charge is 2.22. The van der Waals surface area contributed by atoms with Crippen LogP contribution in [0.1, 0.15) is 33.6 Å². The minimum Gasteiger partial charge on any atom is -0.358 e. The van der Waals surface area contributed by atoms with E-state index in [0.717, 1.165) is 5.06 Å². The van der Waals surface area contributed by atoms with Crippen LogP contribution in [0.5, 0.6) is 0 Å². The molecular weight excluding hydrogens is 250 g/mol. The molecule has 6 nitrogen and oxygen atoms in total. The minimum absolute atomic E-state index is 0.0585. The first-order valence-electron chi connectivity index (χ1n) is 5.86. The topological polar surface area (TPSA) is 72.9 Å². The van der Waals surface area contributed by atoms with Crippen LogP contribution in [-0.4, -0.2) is 36.6 Å². The Hall–Kier alpha value is -2.21. The molecule has 0 N–H and O–H groups in total. The lowest BCUT2D eigenvalue weighted by Crippen LogP contribution is -2.33. The highest BCUT2D eigenvalue weighted by atomic mass is 16.7. The van der Waals surface area contributed by atoms with Crippen molar-refractivity contribution in [1.82, 2.24) is 5.06 Å². The molecule has 1 fully saturated rings. The number of benzene rings is 1. The SMILES string of the molecule is O=Cc1ccc(C(=O)ON2COCCCC2=O)cc1. The van der Waals surface area contributed by atoms with Gasteiger partial charge in [0.25, 0.3) is 5.91 Å². The number of hydrogen-bond acceptors (Lipinski definition) is 5. The third kappa shape index (κ3) is 3.38. The molecule has 2 rings (SSSR count). The number of hydrogen-bond donors (Lipinski definition) is 0. The molecule has 19 heavy (non-hydrogen) atoms. The predicted molar refractivity (Wildman–Crippen MR) is 64.1 cm³/mol. The van der Waals surface area contributed by atoms with Crippen LogP contribution < -0.4 is 0 Å². The Morgan fingerprint density at radius 1 is 1.32 bits per heavy atom. The second kappa shape index (κ2) is 6.10. The van der Waals surface area contributed by atoms with Crippen LogP contribution in [0.3, 0.4) is 0 Å². The molecule has 1 aliphatic heterocycles. The molecule has 0 atom stereocenters. The molecule has 1 aromatic carbocycles. The third-order valence-electron chi connectivity index (χ3n) is 2.64. The molecule has 1 heterocycles. The van der Waals surface area contributed by atoms with Gasteiger partial charge in [0.05, 0.1) is 5.56 Å². The number of rotatable bonds is 3. The molecule has 0 spiro atoms. The highest BCUT2D eigenvalue weighted by Crippen LogP contribution is 2.10. The van der Waals surface area contributed by atoms with Crippen LogP contribution >= 0.6 is 0 Å². The number of carbonyl (C=O) groups is 3. The summed E-state index contributed by atoms with van der Waals surface area (Å²) in [5.74, 6) is -0.938. The van der Waals surface area contributed by atoms with Crippen molar-refractivity contribution in [3.63, 3.8) is 0 Å². The lowest BCUT2D eigenvalue weighted by Gasteiger charge is -2.18. The van der Waals surface area contributed by atoms with E-state index in [1.54, 1.807) is 0 Å². The molecule has 0 aliphatic carbocycles. The quantitative estimate of drug-likeness (QED) is 0.765. The summed E-state index contributed by atoms with van der Waals surface area (Å²) < 4.78 is 5.13. The zero-order valence-electron chi connectivity index (χ0n) is 10.2. The minimum atomic E-state index is -0.656. The van der Waals surface area contributed by atoms with E-state index in [0.29, 0.717) is 24.9 Å². The fourth-order valence-corrected chi connectivity index (χ4v) is 1.60. The maximum absolute atomic E-state index is 11.8. The van der Waals surface area contributed by atoms with Crippen LogP contribution in [-0.2, 0) is 14.4 Å². The fourth-order valence-electron chi connectivity index (χ4n) is 1.60. The first-order valence-corrected chi connectivity index (χ1v) is 5.86. The number of nitrogens with zero attached hydrogens (tertiary/aromatic N) is 1. The summed E-state index contributed by atoms with van der Waals surface area (Å²) in [6, 6.07) is 5.94. The molecule has 0 saturated carbocycles.